The first-order chi connectivity index (χ1) is 12.6. The van der Waals surface area contributed by atoms with Crippen LogP contribution in [0.5, 0.6) is 0 Å². The molecule has 0 unspecified atom stereocenters. The Kier molecular flexibility index (Phi) is 5.02. The van der Waals surface area contributed by atoms with Gasteiger partial charge in [0.15, 0.2) is 0 Å². The fraction of sp³-hybridized carbons (Fsp3) is 0.700. The van der Waals surface area contributed by atoms with Crippen molar-refractivity contribution in [1.82, 2.24) is 9.47 Å². The molecule has 3 heterocycles. The second-order valence-electron chi connectivity index (χ2n) is 8.01. The smallest absolute Gasteiger partial charge is 0.270 e. The van der Waals surface area contributed by atoms with E-state index in [9.17, 15) is 9.59 Å². The highest BCUT2D eigenvalue weighted by molar-refractivity contribution is 5.93. The number of carbonyl (C=O) groups excluding carboxylic acids is 2. The Morgan fingerprint density at radius 2 is 1.77 bits per heavy atom. The molecule has 6 heteroatoms. The molecule has 4 rings (SSSR count). The van der Waals surface area contributed by atoms with Crippen LogP contribution in [0.1, 0.15) is 67.9 Å². The number of hydrogen-bond donors (Lipinski definition) is 1. The first kappa shape index (κ1) is 17.6. The molecule has 2 aliphatic heterocycles. The quantitative estimate of drug-likeness (QED) is 0.897. The normalized spacial score (nSPS) is 27.9. The predicted molar refractivity (Wildman–Crippen MR) is 97.7 cm³/mol. The summed E-state index contributed by atoms with van der Waals surface area (Å²) in [6, 6.07) is 4.44. The molecule has 0 aromatic carbocycles. The SMILES string of the molecule is NC(=O)[C@H]1CC[C@@H](C2CCN(C(=O)c3cccn3C3CCCC3)CC2)O1. The summed E-state index contributed by atoms with van der Waals surface area (Å²) < 4.78 is 8.03. The lowest BCUT2D eigenvalue weighted by Gasteiger charge is -2.35. The zero-order valence-corrected chi connectivity index (χ0v) is 15.3. The lowest BCUT2D eigenvalue weighted by atomic mass is 9.89. The Morgan fingerprint density at radius 1 is 1.04 bits per heavy atom. The Labute approximate surface area is 154 Å². The third kappa shape index (κ3) is 3.39. The summed E-state index contributed by atoms with van der Waals surface area (Å²) in [6.07, 6.45) is 10.1. The molecule has 1 saturated carbocycles. The summed E-state index contributed by atoms with van der Waals surface area (Å²) in [4.78, 5) is 26.3. The lowest BCUT2D eigenvalue weighted by molar-refractivity contribution is -0.130. The number of rotatable bonds is 4. The van der Waals surface area contributed by atoms with Crippen molar-refractivity contribution in [3.8, 4) is 0 Å². The van der Waals surface area contributed by atoms with E-state index in [1.165, 1.54) is 25.7 Å². The van der Waals surface area contributed by atoms with E-state index in [-0.39, 0.29) is 17.9 Å². The van der Waals surface area contributed by atoms with Gasteiger partial charge in [0.2, 0.25) is 5.91 Å². The lowest BCUT2D eigenvalue weighted by Crippen LogP contribution is -2.42. The molecule has 0 radical (unpaired) electrons. The second-order valence-corrected chi connectivity index (χ2v) is 8.01. The van der Waals surface area contributed by atoms with Gasteiger partial charge in [0.1, 0.15) is 11.8 Å². The highest BCUT2D eigenvalue weighted by Gasteiger charge is 2.37. The molecule has 26 heavy (non-hydrogen) atoms. The van der Waals surface area contributed by atoms with Gasteiger partial charge >= 0.3 is 0 Å². The van der Waals surface area contributed by atoms with Gasteiger partial charge in [0.25, 0.3) is 5.91 Å². The molecule has 2 saturated heterocycles. The largest absolute Gasteiger partial charge is 0.367 e. The molecule has 0 spiro atoms. The van der Waals surface area contributed by atoms with Gasteiger partial charge in [-0.3, -0.25) is 9.59 Å². The highest BCUT2D eigenvalue weighted by atomic mass is 16.5. The molecule has 1 aromatic rings. The predicted octanol–water partition coefficient (Wildman–Crippen LogP) is 2.49. The van der Waals surface area contributed by atoms with Crippen molar-refractivity contribution in [3.63, 3.8) is 0 Å². The average molecular weight is 359 g/mol. The first-order valence-corrected chi connectivity index (χ1v) is 10.0. The molecule has 0 bridgehead atoms. The number of ether oxygens (including phenoxy) is 1. The molecule has 2 atom stereocenters. The number of aromatic nitrogens is 1. The molecule has 2 amide bonds. The number of nitrogens with zero attached hydrogens (tertiary/aromatic N) is 2. The van der Waals surface area contributed by atoms with Crippen LogP contribution in [0.3, 0.4) is 0 Å². The summed E-state index contributed by atoms with van der Waals surface area (Å²) in [5, 5.41) is 0. The number of hydrogen-bond acceptors (Lipinski definition) is 3. The van der Waals surface area contributed by atoms with E-state index in [4.69, 9.17) is 10.5 Å². The van der Waals surface area contributed by atoms with Crippen molar-refractivity contribution in [2.45, 2.75) is 69.6 Å². The van der Waals surface area contributed by atoms with Crippen LogP contribution in [0.25, 0.3) is 0 Å². The fourth-order valence-corrected chi connectivity index (χ4v) is 4.93. The van der Waals surface area contributed by atoms with E-state index in [2.05, 4.69) is 10.8 Å². The summed E-state index contributed by atoms with van der Waals surface area (Å²) in [5.74, 6) is 0.223. The minimum atomic E-state index is -0.422. The van der Waals surface area contributed by atoms with Crippen LogP contribution in [0.15, 0.2) is 18.3 Å². The van der Waals surface area contributed by atoms with Crippen molar-refractivity contribution in [2.24, 2.45) is 11.7 Å². The van der Waals surface area contributed by atoms with Crippen LogP contribution in [-0.2, 0) is 9.53 Å². The maximum Gasteiger partial charge on any atom is 0.270 e. The van der Waals surface area contributed by atoms with Gasteiger partial charge in [-0.25, -0.2) is 0 Å². The molecule has 142 valence electrons. The minimum absolute atomic E-state index is 0.118. The maximum atomic E-state index is 13.0. The van der Waals surface area contributed by atoms with Crippen LogP contribution in [0.2, 0.25) is 0 Å². The van der Waals surface area contributed by atoms with Crippen molar-refractivity contribution >= 4 is 11.8 Å². The van der Waals surface area contributed by atoms with Gasteiger partial charge in [0.05, 0.1) is 6.10 Å². The Hall–Kier alpha value is -1.82. The third-order valence-corrected chi connectivity index (χ3v) is 6.44. The van der Waals surface area contributed by atoms with Gasteiger partial charge in [-0.05, 0) is 56.6 Å². The second kappa shape index (κ2) is 7.43. The Bertz CT molecular complexity index is 657. The van der Waals surface area contributed by atoms with Crippen molar-refractivity contribution < 1.29 is 14.3 Å². The number of primary amides is 1. The molecule has 2 N–H and O–H groups in total. The van der Waals surface area contributed by atoms with E-state index in [0.717, 1.165) is 44.5 Å². The van der Waals surface area contributed by atoms with E-state index in [0.29, 0.717) is 12.0 Å². The number of piperidine rings is 1. The first-order valence-electron chi connectivity index (χ1n) is 10.0. The topological polar surface area (TPSA) is 77.6 Å². The zero-order chi connectivity index (χ0) is 18.1. The minimum Gasteiger partial charge on any atom is -0.367 e. The summed E-state index contributed by atoms with van der Waals surface area (Å²) in [7, 11) is 0. The van der Waals surface area contributed by atoms with E-state index >= 15 is 0 Å². The summed E-state index contributed by atoms with van der Waals surface area (Å²) in [6.45, 7) is 1.53. The molecular weight excluding hydrogens is 330 g/mol. The molecule has 3 fully saturated rings. The third-order valence-electron chi connectivity index (χ3n) is 6.44. The monoisotopic (exact) mass is 359 g/mol. The van der Waals surface area contributed by atoms with Crippen LogP contribution in [-0.4, -0.2) is 46.6 Å². The average Bonchev–Trinajstić information content (AvgIpc) is 3.41. The van der Waals surface area contributed by atoms with Crippen LogP contribution in [0, 0.1) is 5.92 Å². The molecule has 6 nitrogen and oxygen atoms in total. The number of likely N-dealkylation sites (tertiary alicyclic amines) is 1. The van der Waals surface area contributed by atoms with Crippen LogP contribution in [0.4, 0.5) is 0 Å². The fourth-order valence-electron chi connectivity index (χ4n) is 4.93. The van der Waals surface area contributed by atoms with E-state index in [1.807, 2.05) is 17.0 Å². The van der Waals surface area contributed by atoms with Crippen LogP contribution < -0.4 is 5.73 Å². The van der Waals surface area contributed by atoms with Gasteiger partial charge in [-0.15, -0.1) is 0 Å². The summed E-state index contributed by atoms with van der Waals surface area (Å²) >= 11 is 0. The van der Waals surface area contributed by atoms with Crippen molar-refractivity contribution in [2.75, 3.05) is 13.1 Å². The van der Waals surface area contributed by atoms with Gasteiger partial charge in [-0.1, -0.05) is 12.8 Å². The highest BCUT2D eigenvalue weighted by Crippen LogP contribution is 2.33. The Morgan fingerprint density at radius 3 is 2.42 bits per heavy atom. The Balaban J connectivity index is 1.34. The van der Waals surface area contributed by atoms with Gasteiger partial charge < -0.3 is 19.9 Å². The van der Waals surface area contributed by atoms with Crippen molar-refractivity contribution in [1.29, 1.82) is 0 Å². The molecule has 1 aromatic heterocycles. The molecule has 1 aliphatic carbocycles. The number of carbonyl (C=O) groups is 2. The van der Waals surface area contributed by atoms with Gasteiger partial charge in [0, 0.05) is 25.3 Å². The van der Waals surface area contributed by atoms with Crippen LogP contribution >= 0.6 is 0 Å². The molecular formula is C20H29N3O3. The summed E-state index contributed by atoms with van der Waals surface area (Å²) in [5.41, 5.74) is 6.19. The maximum absolute atomic E-state index is 13.0. The van der Waals surface area contributed by atoms with Crippen molar-refractivity contribution in [3.05, 3.63) is 24.0 Å². The van der Waals surface area contributed by atoms with E-state index in [1.54, 1.807) is 0 Å². The standard InChI is InChI=1S/C20H29N3O3/c21-19(24)18-8-7-17(26-18)14-9-12-22(13-10-14)20(25)16-6-3-11-23(16)15-4-1-2-5-15/h3,6,11,14-15,17-18H,1-2,4-5,7-10,12-13H2,(H2,21,24)/t17-,18+/m0/s1. The molecule has 3 aliphatic rings. The zero-order valence-electron chi connectivity index (χ0n) is 15.3. The van der Waals surface area contributed by atoms with E-state index < -0.39 is 6.10 Å². The van der Waals surface area contributed by atoms with Gasteiger partial charge in [-0.2, -0.15) is 0 Å². The number of amides is 2. The number of nitrogens with two attached hydrogens (primary N) is 1.